The lowest BCUT2D eigenvalue weighted by atomic mass is 10.3. The van der Waals surface area contributed by atoms with Crippen LogP contribution in [0.4, 0.5) is 5.69 Å². The SMILES string of the molecule is O=c1n2c(c(O)n1-c1ccc([N+](=O)[O-])cc1Cl)COCC2. The van der Waals surface area contributed by atoms with Crippen LogP contribution in [-0.4, -0.2) is 25.8 Å². The van der Waals surface area contributed by atoms with Gasteiger partial charge in [0, 0.05) is 12.1 Å². The Morgan fingerprint density at radius 3 is 2.81 bits per heavy atom. The first-order valence-corrected chi connectivity index (χ1v) is 6.44. The summed E-state index contributed by atoms with van der Waals surface area (Å²) in [6, 6.07) is 3.69. The van der Waals surface area contributed by atoms with Gasteiger partial charge >= 0.3 is 5.69 Å². The van der Waals surface area contributed by atoms with E-state index < -0.39 is 10.6 Å². The molecule has 1 aliphatic heterocycles. The molecule has 0 fully saturated rings. The Hall–Kier alpha value is -2.32. The maximum absolute atomic E-state index is 12.3. The molecule has 2 aromatic rings. The number of nitrogens with zero attached hydrogens (tertiary/aromatic N) is 3. The maximum atomic E-state index is 12.3. The molecule has 1 aliphatic rings. The molecule has 2 heterocycles. The second-order valence-electron chi connectivity index (χ2n) is 4.49. The first-order chi connectivity index (χ1) is 10.0. The van der Waals surface area contributed by atoms with Crippen molar-refractivity contribution in [3.05, 3.63) is 49.5 Å². The Labute approximate surface area is 122 Å². The highest BCUT2D eigenvalue weighted by molar-refractivity contribution is 6.32. The van der Waals surface area contributed by atoms with Gasteiger partial charge in [-0.1, -0.05) is 11.6 Å². The maximum Gasteiger partial charge on any atom is 0.336 e. The fourth-order valence-electron chi connectivity index (χ4n) is 2.28. The highest BCUT2D eigenvalue weighted by Crippen LogP contribution is 2.29. The lowest BCUT2D eigenvalue weighted by Crippen LogP contribution is -2.28. The van der Waals surface area contributed by atoms with Crippen molar-refractivity contribution >= 4 is 17.3 Å². The number of fused-ring (bicyclic) bond motifs is 1. The molecule has 0 amide bonds. The van der Waals surface area contributed by atoms with E-state index in [-0.39, 0.29) is 28.9 Å². The smallest absolute Gasteiger partial charge is 0.336 e. The Balaban J connectivity index is 2.20. The van der Waals surface area contributed by atoms with Crippen molar-refractivity contribution in [2.24, 2.45) is 0 Å². The van der Waals surface area contributed by atoms with Crippen molar-refractivity contribution in [1.82, 2.24) is 9.13 Å². The zero-order chi connectivity index (χ0) is 15.1. The van der Waals surface area contributed by atoms with Crippen molar-refractivity contribution < 1.29 is 14.8 Å². The van der Waals surface area contributed by atoms with Crippen molar-refractivity contribution in [2.45, 2.75) is 13.2 Å². The summed E-state index contributed by atoms with van der Waals surface area (Å²) in [5, 5.41) is 20.9. The first kappa shape index (κ1) is 13.7. The van der Waals surface area contributed by atoms with Gasteiger partial charge in [0.1, 0.15) is 5.69 Å². The number of aromatic nitrogens is 2. The predicted molar refractivity (Wildman–Crippen MR) is 73.0 cm³/mol. The van der Waals surface area contributed by atoms with E-state index in [9.17, 15) is 20.0 Å². The summed E-state index contributed by atoms with van der Waals surface area (Å²) in [6.45, 7) is 0.836. The molecule has 0 saturated carbocycles. The summed E-state index contributed by atoms with van der Waals surface area (Å²) in [4.78, 5) is 22.4. The monoisotopic (exact) mass is 311 g/mol. The number of benzene rings is 1. The first-order valence-electron chi connectivity index (χ1n) is 6.06. The van der Waals surface area contributed by atoms with Crippen LogP contribution >= 0.6 is 11.6 Å². The van der Waals surface area contributed by atoms with Crippen LogP contribution in [0, 0.1) is 10.1 Å². The number of nitro benzene ring substituents is 1. The van der Waals surface area contributed by atoms with Gasteiger partial charge in [0.15, 0.2) is 0 Å². The third-order valence-electron chi connectivity index (χ3n) is 3.30. The molecule has 8 nitrogen and oxygen atoms in total. The van der Waals surface area contributed by atoms with Crippen LogP contribution in [0.1, 0.15) is 5.69 Å². The normalized spacial score (nSPS) is 14.0. The molecule has 1 N–H and O–H groups in total. The van der Waals surface area contributed by atoms with Crippen LogP contribution in [-0.2, 0) is 17.9 Å². The van der Waals surface area contributed by atoms with Gasteiger partial charge in [-0.2, -0.15) is 0 Å². The van der Waals surface area contributed by atoms with E-state index in [1.807, 2.05) is 0 Å². The molecule has 9 heteroatoms. The lowest BCUT2D eigenvalue weighted by molar-refractivity contribution is -0.384. The summed E-state index contributed by atoms with van der Waals surface area (Å²) in [7, 11) is 0. The molecule has 0 saturated heterocycles. The fourth-order valence-corrected chi connectivity index (χ4v) is 2.54. The van der Waals surface area contributed by atoms with Crippen molar-refractivity contribution in [1.29, 1.82) is 0 Å². The van der Waals surface area contributed by atoms with Gasteiger partial charge in [-0.25, -0.2) is 9.36 Å². The van der Waals surface area contributed by atoms with Crippen LogP contribution in [0.15, 0.2) is 23.0 Å². The quantitative estimate of drug-likeness (QED) is 0.668. The van der Waals surface area contributed by atoms with Crippen LogP contribution in [0.3, 0.4) is 0 Å². The molecule has 0 radical (unpaired) electrons. The van der Waals surface area contributed by atoms with Gasteiger partial charge in [0.25, 0.3) is 5.69 Å². The number of hydrogen-bond donors (Lipinski definition) is 1. The van der Waals surface area contributed by atoms with Crippen molar-refractivity contribution in [3.8, 4) is 11.6 Å². The topological polar surface area (TPSA) is 99.5 Å². The summed E-state index contributed by atoms with van der Waals surface area (Å²) < 4.78 is 7.63. The fraction of sp³-hybridized carbons (Fsp3) is 0.250. The summed E-state index contributed by atoms with van der Waals surface area (Å²) in [5.41, 5.74) is -0.0996. The molecule has 0 unspecified atom stereocenters. The molecular weight excluding hydrogens is 302 g/mol. The molecule has 110 valence electrons. The van der Waals surface area contributed by atoms with E-state index >= 15 is 0 Å². The molecule has 0 aliphatic carbocycles. The number of non-ortho nitro benzene ring substituents is 1. The number of imidazole rings is 1. The minimum Gasteiger partial charge on any atom is -0.493 e. The molecule has 0 spiro atoms. The number of rotatable bonds is 2. The van der Waals surface area contributed by atoms with E-state index in [2.05, 4.69) is 0 Å². The Kier molecular flexibility index (Phi) is 3.19. The van der Waals surface area contributed by atoms with E-state index in [0.29, 0.717) is 18.8 Å². The van der Waals surface area contributed by atoms with E-state index in [1.54, 1.807) is 0 Å². The molecule has 0 atom stereocenters. The second-order valence-corrected chi connectivity index (χ2v) is 4.89. The average molecular weight is 312 g/mol. The molecule has 21 heavy (non-hydrogen) atoms. The van der Waals surface area contributed by atoms with Gasteiger partial charge in [-0.3, -0.25) is 14.7 Å². The summed E-state index contributed by atoms with van der Waals surface area (Å²) in [5.74, 6) is -0.268. The van der Waals surface area contributed by atoms with Crippen LogP contribution < -0.4 is 5.69 Å². The largest absolute Gasteiger partial charge is 0.493 e. The molecular formula is C12H10ClN3O5. The standard InChI is InChI=1S/C12H10ClN3O5/c13-8-5-7(16(19)20)1-2-9(8)15-11(17)10-6-21-4-3-14(10)12(15)18/h1-2,5,17H,3-4,6H2. The number of nitro groups is 1. The van der Waals surface area contributed by atoms with Gasteiger partial charge in [-0.15, -0.1) is 0 Å². The highest BCUT2D eigenvalue weighted by atomic mass is 35.5. The summed E-state index contributed by atoms with van der Waals surface area (Å²) >= 11 is 6.00. The number of halogens is 1. The number of ether oxygens (including phenoxy) is 1. The van der Waals surface area contributed by atoms with Crippen molar-refractivity contribution in [2.75, 3.05) is 6.61 Å². The van der Waals surface area contributed by atoms with Crippen LogP contribution in [0.2, 0.25) is 5.02 Å². The molecule has 1 aromatic carbocycles. The van der Waals surface area contributed by atoms with Crippen LogP contribution in [0.5, 0.6) is 5.88 Å². The van der Waals surface area contributed by atoms with Gasteiger partial charge in [-0.05, 0) is 6.07 Å². The molecule has 3 rings (SSSR count). The Morgan fingerprint density at radius 2 is 2.19 bits per heavy atom. The number of hydrogen-bond acceptors (Lipinski definition) is 5. The lowest BCUT2D eigenvalue weighted by Gasteiger charge is -2.13. The third-order valence-corrected chi connectivity index (χ3v) is 3.60. The third kappa shape index (κ3) is 2.08. The predicted octanol–water partition coefficient (Wildman–Crippen LogP) is 1.44. The minimum absolute atomic E-state index is 0.00506. The Bertz CT molecular complexity index is 795. The molecule has 0 bridgehead atoms. The zero-order valence-corrected chi connectivity index (χ0v) is 11.4. The Morgan fingerprint density at radius 1 is 1.43 bits per heavy atom. The number of aromatic hydroxyl groups is 1. The second kappa shape index (κ2) is 4.90. The van der Waals surface area contributed by atoms with Gasteiger partial charge in [0.2, 0.25) is 5.88 Å². The van der Waals surface area contributed by atoms with Crippen molar-refractivity contribution in [3.63, 3.8) is 0 Å². The van der Waals surface area contributed by atoms with E-state index in [4.69, 9.17) is 16.3 Å². The van der Waals surface area contributed by atoms with Gasteiger partial charge in [0.05, 0.1) is 35.4 Å². The molecule has 1 aromatic heterocycles. The van der Waals surface area contributed by atoms with E-state index in [0.717, 1.165) is 10.6 Å². The average Bonchev–Trinajstić information content (AvgIpc) is 2.72. The van der Waals surface area contributed by atoms with Gasteiger partial charge < -0.3 is 9.84 Å². The summed E-state index contributed by atoms with van der Waals surface area (Å²) in [6.07, 6.45) is 0. The van der Waals surface area contributed by atoms with Crippen LogP contribution in [0.25, 0.3) is 5.69 Å². The zero-order valence-electron chi connectivity index (χ0n) is 10.7. The highest BCUT2D eigenvalue weighted by Gasteiger charge is 2.24. The minimum atomic E-state index is -0.586. The van der Waals surface area contributed by atoms with E-state index in [1.165, 1.54) is 16.7 Å².